The molecule has 1 rings (SSSR count). The van der Waals surface area contributed by atoms with E-state index in [0.29, 0.717) is 19.6 Å². The van der Waals surface area contributed by atoms with Crippen molar-refractivity contribution in [2.75, 3.05) is 33.2 Å². The van der Waals surface area contributed by atoms with Crippen LogP contribution in [0.25, 0.3) is 0 Å². The molecule has 0 aromatic heterocycles. The Morgan fingerprint density at radius 1 is 0.957 bits per heavy atom. The van der Waals surface area contributed by atoms with Gasteiger partial charge in [-0.3, -0.25) is 4.90 Å². The van der Waals surface area contributed by atoms with E-state index in [2.05, 4.69) is 5.32 Å². The first-order valence-electron chi connectivity index (χ1n) is 6.93. The zero-order valence-corrected chi connectivity index (χ0v) is 12.6. The minimum absolute atomic E-state index is 0.0358. The smallest absolute Gasteiger partial charge is 0.329 e. The van der Waals surface area contributed by atoms with E-state index in [1.165, 1.54) is 0 Å². The molecular weight excluding hydrogens is 324 g/mol. The summed E-state index contributed by atoms with van der Waals surface area (Å²) in [5.74, 6) is 0. The first-order chi connectivity index (χ1) is 10.6. The summed E-state index contributed by atoms with van der Waals surface area (Å²) in [5, 5.41) is 2.87. The van der Waals surface area contributed by atoms with Crippen LogP contribution < -0.4 is 11.1 Å². The van der Waals surface area contributed by atoms with Gasteiger partial charge in [0.1, 0.15) is 0 Å². The third kappa shape index (κ3) is 6.36. The molecule has 0 bridgehead atoms. The molecule has 0 saturated carbocycles. The highest BCUT2D eigenvalue weighted by molar-refractivity contribution is 5.33. The van der Waals surface area contributed by atoms with Crippen LogP contribution >= 0.6 is 0 Å². The average molecular weight is 343 g/mol. The number of benzene rings is 1. The van der Waals surface area contributed by atoms with Gasteiger partial charge in [-0.1, -0.05) is 0 Å². The van der Waals surface area contributed by atoms with Gasteiger partial charge in [0, 0.05) is 32.7 Å². The fourth-order valence-electron chi connectivity index (χ4n) is 2.09. The highest BCUT2D eigenvalue weighted by Gasteiger charge is 2.36. The van der Waals surface area contributed by atoms with Crippen LogP contribution in [0.1, 0.15) is 16.7 Å². The van der Waals surface area contributed by atoms with Crippen molar-refractivity contribution in [3.63, 3.8) is 0 Å². The second kappa shape index (κ2) is 7.98. The van der Waals surface area contributed by atoms with E-state index >= 15 is 0 Å². The topological polar surface area (TPSA) is 41.3 Å². The quantitative estimate of drug-likeness (QED) is 0.748. The largest absolute Gasteiger partial charge is 0.416 e. The number of halogens is 6. The van der Waals surface area contributed by atoms with Crippen molar-refractivity contribution in [2.45, 2.75) is 18.9 Å². The molecule has 0 aliphatic heterocycles. The Kier molecular flexibility index (Phi) is 6.84. The summed E-state index contributed by atoms with van der Waals surface area (Å²) in [6.07, 6.45) is -9.67. The molecule has 0 unspecified atom stereocenters. The van der Waals surface area contributed by atoms with E-state index in [-0.39, 0.29) is 24.7 Å². The second-order valence-electron chi connectivity index (χ2n) is 5.08. The molecule has 0 saturated heterocycles. The number of nitrogens with zero attached hydrogens (tertiary/aromatic N) is 1. The number of hydrogen-bond donors (Lipinski definition) is 2. The van der Waals surface area contributed by atoms with Gasteiger partial charge in [-0.25, -0.2) is 0 Å². The third-order valence-electron chi connectivity index (χ3n) is 3.18. The molecule has 132 valence electrons. The number of alkyl halides is 6. The molecule has 0 atom stereocenters. The zero-order valence-electron chi connectivity index (χ0n) is 12.6. The lowest BCUT2D eigenvalue weighted by Crippen LogP contribution is -2.34. The predicted octanol–water partition coefficient (Wildman–Crippen LogP) is 2.70. The molecule has 0 aliphatic rings. The van der Waals surface area contributed by atoms with Crippen molar-refractivity contribution < 1.29 is 26.3 Å². The normalized spacial score (nSPS) is 12.9. The molecule has 0 fully saturated rings. The Balaban J connectivity index is 3.13. The lowest BCUT2D eigenvalue weighted by Gasteiger charge is -2.23. The maximum Gasteiger partial charge on any atom is 0.416 e. The predicted molar refractivity (Wildman–Crippen MR) is 74.7 cm³/mol. The minimum atomic E-state index is -4.83. The summed E-state index contributed by atoms with van der Waals surface area (Å²) < 4.78 is 76.9. The molecular formula is C14H19F6N3. The Morgan fingerprint density at radius 3 is 1.87 bits per heavy atom. The lowest BCUT2D eigenvalue weighted by molar-refractivity contribution is -0.143. The monoisotopic (exact) mass is 343 g/mol. The standard InChI is InChI=1S/C14H19F6N3/c1-22-3-5-23(4-2-21)9-10-6-11(13(15,16)17)8-12(7-10)14(18,19)20/h6-8,22H,2-5,9,21H2,1H3. The van der Waals surface area contributed by atoms with Crippen molar-refractivity contribution >= 4 is 0 Å². The Morgan fingerprint density at radius 2 is 1.48 bits per heavy atom. The minimum Gasteiger partial charge on any atom is -0.329 e. The first kappa shape index (κ1) is 19.7. The average Bonchev–Trinajstić information content (AvgIpc) is 2.43. The van der Waals surface area contributed by atoms with Crippen LogP contribution in [-0.2, 0) is 18.9 Å². The number of rotatable bonds is 7. The van der Waals surface area contributed by atoms with Crippen molar-refractivity contribution in [1.82, 2.24) is 10.2 Å². The van der Waals surface area contributed by atoms with Crippen LogP contribution in [0.15, 0.2) is 18.2 Å². The molecule has 0 aliphatic carbocycles. The van der Waals surface area contributed by atoms with Crippen LogP contribution in [0.4, 0.5) is 26.3 Å². The van der Waals surface area contributed by atoms with Crippen molar-refractivity contribution in [2.24, 2.45) is 5.73 Å². The highest BCUT2D eigenvalue weighted by atomic mass is 19.4. The van der Waals surface area contributed by atoms with Crippen LogP contribution in [0.5, 0.6) is 0 Å². The molecule has 1 aromatic carbocycles. The fraction of sp³-hybridized carbons (Fsp3) is 0.571. The van der Waals surface area contributed by atoms with E-state index in [9.17, 15) is 26.3 Å². The first-order valence-corrected chi connectivity index (χ1v) is 6.93. The molecule has 0 heterocycles. The van der Waals surface area contributed by atoms with Crippen molar-refractivity contribution in [3.05, 3.63) is 34.9 Å². The molecule has 23 heavy (non-hydrogen) atoms. The number of nitrogens with two attached hydrogens (primary N) is 1. The van der Waals surface area contributed by atoms with E-state index in [0.717, 1.165) is 12.1 Å². The van der Waals surface area contributed by atoms with Gasteiger partial charge in [-0.2, -0.15) is 26.3 Å². The van der Waals surface area contributed by atoms with Gasteiger partial charge in [0.25, 0.3) is 0 Å². The maximum absolute atomic E-state index is 12.8. The molecule has 3 nitrogen and oxygen atoms in total. The third-order valence-corrected chi connectivity index (χ3v) is 3.18. The zero-order chi connectivity index (χ0) is 17.7. The van der Waals surface area contributed by atoms with E-state index in [1.807, 2.05) is 0 Å². The summed E-state index contributed by atoms with van der Waals surface area (Å²) in [5.41, 5.74) is 2.78. The summed E-state index contributed by atoms with van der Waals surface area (Å²) in [7, 11) is 1.70. The van der Waals surface area contributed by atoms with Crippen molar-refractivity contribution in [3.8, 4) is 0 Å². The van der Waals surface area contributed by atoms with Gasteiger partial charge in [0.2, 0.25) is 0 Å². The summed E-state index contributed by atoms with van der Waals surface area (Å²) in [6, 6.07) is 1.63. The van der Waals surface area contributed by atoms with Gasteiger partial charge < -0.3 is 11.1 Å². The molecule has 0 amide bonds. The lowest BCUT2D eigenvalue weighted by atomic mass is 10.0. The van der Waals surface area contributed by atoms with E-state index < -0.39 is 23.5 Å². The van der Waals surface area contributed by atoms with E-state index in [4.69, 9.17) is 5.73 Å². The summed E-state index contributed by atoms with van der Waals surface area (Å²) >= 11 is 0. The molecule has 0 spiro atoms. The van der Waals surface area contributed by atoms with Crippen LogP contribution in [0.3, 0.4) is 0 Å². The Bertz CT molecular complexity index is 466. The SMILES string of the molecule is CNCCN(CCN)Cc1cc(C(F)(F)F)cc(C(F)(F)F)c1. The van der Waals surface area contributed by atoms with Crippen molar-refractivity contribution in [1.29, 1.82) is 0 Å². The Hall–Kier alpha value is -1.32. The number of nitrogens with one attached hydrogen (secondary N) is 1. The second-order valence-corrected chi connectivity index (χ2v) is 5.08. The van der Waals surface area contributed by atoms with Gasteiger partial charge in [0.05, 0.1) is 11.1 Å². The maximum atomic E-state index is 12.8. The van der Waals surface area contributed by atoms with Gasteiger partial charge in [-0.05, 0) is 30.8 Å². The molecule has 0 radical (unpaired) electrons. The summed E-state index contributed by atoms with van der Waals surface area (Å²) in [4.78, 5) is 1.70. The molecule has 3 N–H and O–H groups in total. The number of hydrogen-bond acceptors (Lipinski definition) is 3. The van der Waals surface area contributed by atoms with Crippen LogP contribution in [-0.4, -0.2) is 38.1 Å². The molecule has 9 heteroatoms. The van der Waals surface area contributed by atoms with E-state index in [1.54, 1.807) is 11.9 Å². The van der Waals surface area contributed by atoms with Gasteiger partial charge >= 0.3 is 12.4 Å². The fourth-order valence-corrected chi connectivity index (χ4v) is 2.09. The number of likely N-dealkylation sites (N-methyl/N-ethyl adjacent to an activating group) is 1. The van der Waals surface area contributed by atoms with Gasteiger partial charge in [-0.15, -0.1) is 0 Å². The summed E-state index contributed by atoms with van der Waals surface area (Å²) in [6.45, 7) is 1.61. The Labute approximate surface area is 130 Å². The molecule has 1 aromatic rings. The highest BCUT2D eigenvalue weighted by Crippen LogP contribution is 2.36. The van der Waals surface area contributed by atoms with Crippen LogP contribution in [0, 0.1) is 0 Å². The van der Waals surface area contributed by atoms with Crippen LogP contribution in [0.2, 0.25) is 0 Å². The van der Waals surface area contributed by atoms with Gasteiger partial charge in [0.15, 0.2) is 0 Å².